The summed E-state index contributed by atoms with van der Waals surface area (Å²) in [5.74, 6) is -1.15. The van der Waals surface area contributed by atoms with Crippen molar-refractivity contribution in [2.45, 2.75) is 70.3 Å². The molecule has 51 heavy (non-hydrogen) atoms. The zero-order valence-electron chi connectivity index (χ0n) is 28.5. The molecule has 2 atom stereocenters. The van der Waals surface area contributed by atoms with Crippen molar-refractivity contribution in [1.29, 1.82) is 5.41 Å². The maximum Gasteiger partial charge on any atom is 0.416 e. The number of halogens is 7. The number of allylic oxidation sites excluding steroid dienone is 1. The van der Waals surface area contributed by atoms with Gasteiger partial charge in [-0.25, -0.2) is 0 Å². The van der Waals surface area contributed by atoms with E-state index in [0.717, 1.165) is 18.5 Å². The van der Waals surface area contributed by atoms with Crippen LogP contribution >= 0.6 is 46.4 Å². The number of amides is 2. The van der Waals surface area contributed by atoms with E-state index < -0.39 is 29.3 Å². The molecule has 2 aliphatic heterocycles. The van der Waals surface area contributed by atoms with Gasteiger partial charge < -0.3 is 35.9 Å². The standard InChI is InChI=1S/C35H41Cl4F3N6O3/c1-19(24-9-6-20(22(16-43)17-44)15-25(24)35(40,41)42)48(23-7-8-23)32(49)21-5-4-12-47(18-21)30-27(37)26(36)28(38)31(29(30)39)51-34(2,3)33(50)46-13-10-45-11-14-46/h6,9,15-17,19,21,23,43,45H,4-5,7-8,10-14,18,44H2,1-3H3/b22-17+,43-16?/t19?,21-/m1/s1. The Morgan fingerprint density at radius 3 is 2.29 bits per heavy atom. The maximum absolute atomic E-state index is 14.4. The highest BCUT2D eigenvalue weighted by molar-refractivity contribution is 6.52. The lowest BCUT2D eigenvalue weighted by atomic mass is 9.92. The summed E-state index contributed by atoms with van der Waals surface area (Å²) in [5.41, 5.74) is 3.83. The highest BCUT2D eigenvalue weighted by Gasteiger charge is 2.44. The number of hydrogen-bond donors (Lipinski definition) is 3. The van der Waals surface area contributed by atoms with Gasteiger partial charge in [-0.15, -0.1) is 0 Å². The first-order chi connectivity index (χ1) is 24.0. The summed E-state index contributed by atoms with van der Waals surface area (Å²) in [6.45, 7) is 7.79. The van der Waals surface area contributed by atoms with Crippen molar-refractivity contribution in [1.82, 2.24) is 15.1 Å². The normalized spacial score (nSPS) is 19.5. The Hall–Kier alpha value is -2.90. The fourth-order valence-electron chi connectivity index (χ4n) is 6.87. The van der Waals surface area contributed by atoms with Crippen LogP contribution in [0.15, 0.2) is 24.4 Å². The number of nitrogens with one attached hydrogen (secondary N) is 2. The van der Waals surface area contributed by atoms with Crippen LogP contribution < -0.4 is 20.7 Å². The fraction of sp³-hybridized carbons (Fsp3) is 0.514. The van der Waals surface area contributed by atoms with Crippen LogP contribution in [-0.4, -0.2) is 78.7 Å². The Balaban J connectivity index is 1.43. The summed E-state index contributed by atoms with van der Waals surface area (Å²) in [6, 6.07) is 2.70. The fourth-order valence-corrected chi connectivity index (χ4v) is 8.07. The van der Waals surface area contributed by atoms with Crippen LogP contribution in [0.3, 0.4) is 0 Å². The SMILES string of the molecule is CC(c1ccc(/C(C=N)=C/N)cc1C(F)(F)F)N(C(=O)[C@@H]1CCCN(c2c(Cl)c(Cl)c(Cl)c(OC(C)(C)C(=O)N3CCNCC3)c2Cl)C1)C1CC1. The molecule has 1 unspecified atom stereocenters. The number of piperidine rings is 1. The summed E-state index contributed by atoms with van der Waals surface area (Å²) < 4.78 is 49.6. The minimum atomic E-state index is -4.72. The van der Waals surface area contributed by atoms with Gasteiger partial charge in [-0.2, -0.15) is 13.2 Å². The van der Waals surface area contributed by atoms with E-state index in [9.17, 15) is 22.8 Å². The topological polar surface area (TPSA) is 115 Å². The Labute approximate surface area is 315 Å². The second kappa shape index (κ2) is 15.6. The second-order valence-corrected chi connectivity index (χ2v) is 15.1. The highest BCUT2D eigenvalue weighted by atomic mass is 35.5. The highest BCUT2D eigenvalue weighted by Crippen LogP contribution is 2.52. The van der Waals surface area contributed by atoms with Crippen molar-refractivity contribution in [3.63, 3.8) is 0 Å². The van der Waals surface area contributed by atoms with Crippen molar-refractivity contribution in [2.75, 3.05) is 44.2 Å². The molecule has 278 valence electrons. The number of ether oxygens (including phenoxy) is 1. The van der Waals surface area contributed by atoms with Crippen LogP contribution in [0.2, 0.25) is 20.1 Å². The molecule has 0 aromatic heterocycles. The predicted molar refractivity (Wildman–Crippen MR) is 196 cm³/mol. The average molecular weight is 793 g/mol. The van der Waals surface area contributed by atoms with Gasteiger partial charge in [0.05, 0.1) is 33.3 Å². The monoisotopic (exact) mass is 790 g/mol. The summed E-state index contributed by atoms with van der Waals surface area (Å²) in [6.07, 6.45) is -0.349. The first-order valence-corrected chi connectivity index (χ1v) is 18.3. The Kier molecular flexibility index (Phi) is 12.0. The van der Waals surface area contributed by atoms with E-state index >= 15 is 0 Å². The van der Waals surface area contributed by atoms with Crippen molar-refractivity contribution in [2.24, 2.45) is 11.7 Å². The number of piperazine rings is 1. The molecule has 3 aliphatic rings. The maximum atomic E-state index is 14.4. The zero-order valence-corrected chi connectivity index (χ0v) is 31.5. The summed E-state index contributed by atoms with van der Waals surface area (Å²) in [5, 5.41) is 10.7. The molecule has 3 fully saturated rings. The van der Waals surface area contributed by atoms with E-state index in [1.165, 1.54) is 12.1 Å². The van der Waals surface area contributed by atoms with Crippen LogP contribution in [-0.2, 0) is 15.8 Å². The van der Waals surface area contributed by atoms with E-state index in [1.807, 2.05) is 4.90 Å². The third-order valence-corrected chi connectivity index (χ3v) is 11.3. The molecule has 1 aliphatic carbocycles. The van der Waals surface area contributed by atoms with E-state index in [0.29, 0.717) is 64.1 Å². The quantitative estimate of drug-likeness (QED) is 0.129. The number of rotatable bonds is 10. The van der Waals surface area contributed by atoms with Gasteiger partial charge >= 0.3 is 6.18 Å². The average Bonchev–Trinajstić information content (AvgIpc) is 3.95. The molecule has 2 heterocycles. The van der Waals surface area contributed by atoms with Crippen LogP contribution in [0.5, 0.6) is 5.75 Å². The van der Waals surface area contributed by atoms with E-state index in [2.05, 4.69) is 5.32 Å². The van der Waals surface area contributed by atoms with Crippen LogP contribution in [0.1, 0.15) is 69.2 Å². The number of hydrogen-bond acceptors (Lipinski definition) is 7. The lowest BCUT2D eigenvalue weighted by Crippen LogP contribution is -2.54. The van der Waals surface area contributed by atoms with Crippen molar-refractivity contribution < 1.29 is 27.5 Å². The Morgan fingerprint density at radius 2 is 1.71 bits per heavy atom. The number of alkyl halides is 3. The van der Waals surface area contributed by atoms with Crippen LogP contribution in [0.25, 0.3) is 5.57 Å². The largest absolute Gasteiger partial charge is 0.475 e. The number of carbonyl (C=O) groups excluding carboxylic acids is 2. The number of nitrogens with two attached hydrogens (primary N) is 1. The van der Waals surface area contributed by atoms with Crippen molar-refractivity contribution >= 4 is 75.7 Å². The van der Waals surface area contributed by atoms with E-state index in [1.54, 1.807) is 30.6 Å². The molecule has 2 amide bonds. The third-order valence-electron chi connectivity index (χ3n) is 9.65. The molecule has 2 aromatic carbocycles. The second-order valence-electron chi connectivity index (χ2n) is 13.6. The summed E-state index contributed by atoms with van der Waals surface area (Å²) in [7, 11) is 0. The smallest absolute Gasteiger partial charge is 0.416 e. The molecule has 16 heteroatoms. The third kappa shape index (κ3) is 8.20. The Morgan fingerprint density at radius 1 is 1.04 bits per heavy atom. The number of nitrogens with zero attached hydrogens (tertiary/aromatic N) is 3. The molecule has 5 rings (SSSR count). The van der Waals surface area contributed by atoms with E-state index in [4.69, 9.17) is 62.3 Å². The molecular weight excluding hydrogens is 751 g/mol. The zero-order chi connectivity index (χ0) is 37.4. The number of benzene rings is 2. The Bertz CT molecular complexity index is 1710. The van der Waals surface area contributed by atoms with Crippen molar-refractivity contribution in [3.8, 4) is 5.75 Å². The minimum absolute atomic E-state index is 0.0170. The molecule has 2 aromatic rings. The van der Waals surface area contributed by atoms with Gasteiger partial charge in [-0.3, -0.25) is 9.59 Å². The van der Waals surface area contributed by atoms with Gasteiger partial charge in [0.25, 0.3) is 5.91 Å². The van der Waals surface area contributed by atoms with Gasteiger partial charge in [0.2, 0.25) is 5.91 Å². The molecule has 0 spiro atoms. The predicted octanol–water partition coefficient (Wildman–Crippen LogP) is 7.83. The van der Waals surface area contributed by atoms with Gasteiger partial charge in [0.1, 0.15) is 10.0 Å². The minimum Gasteiger partial charge on any atom is -0.475 e. The number of carbonyl (C=O) groups is 2. The first-order valence-electron chi connectivity index (χ1n) is 16.8. The number of anilines is 1. The molecule has 2 saturated heterocycles. The van der Waals surface area contributed by atoms with Crippen molar-refractivity contribution in [3.05, 3.63) is 61.2 Å². The van der Waals surface area contributed by atoms with Gasteiger partial charge in [0, 0.05) is 63.3 Å². The lowest BCUT2D eigenvalue weighted by Gasteiger charge is -2.40. The summed E-state index contributed by atoms with van der Waals surface area (Å²) >= 11 is 27.0. The lowest BCUT2D eigenvalue weighted by molar-refractivity contribution is -0.146. The molecule has 0 radical (unpaired) electrons. The first kappa shape index (κ1) is 39.3. The molecule has 0 bridgehead atoms. The molecule has 9 nitrogen and oxygen atoms in total. The van der Waals surface area contributed by atoms with Gasteiger partial charge in [-0.05, 0) is 63.6 Å². The molecule has 1 saturated carbocycles. The van der Waals surface area contributed by atoms with Crippen LogP contribution in [0, 0.1) is 11.3 Å². The van der Waals surface area contributed by atoms with Crippen LogP contribution in [0.4, 0.5) is 18.9 Å². The van der Waals surface area contributed by atoms with Gasteiger partial charge in [-0.1, -0.05) is 58.5 Å². The molecule has 4 N–H and O–H groups in total. The molecular formula is C35H41Cl4F3N6O3. The van der Waals surface area contributed by atoms with Gasteiger partial charge in [0.15, 0.2) is 11.4 Å². The van der Waals surface area contributed by atoms with E-state index in [-0.39, 0.29) is 66.9 Å². The summed E-state index contributed by atoms with van der Waals surface area (Å²) in [4.78, 5) is 32.9.